The maximum atomic E-state index is 13.1. The number of thioether (sulfide) groups is 1. The molecule has 1 atom stereocenters. The Kier molecular flexibility index (Phi) is 5.06. The van der Waals surface area contributed by atoms with E-state index in [0.717, 1.165) is 16.1 Å². The first-order chi connectivity index (χ1) is 12.4. The van der Waals surface area contributed by atoms with Crippen molar-refractivity contribution in [1.82, 2.24) is 4.31 Å². The summed E-state index contributed by atoms with van der Waals surface area (Å²) in [6, 6.07) is 13.6. The summed E-state index contributed by atoms with van der Waals surface area (Å²) in [6.07, 6.45) is 0. The van der Waals surface area contributed by atoms with Gasteiger partial charge in [0.1, 0.15) is 11.4 Å². The zero-order valence-electron chi connectivity index (χ0n) is 14.5. The molecular formula is C18H18N2O4S2. The van der Waals surface area contributed by atoms with E-state index in [0.29, 0.717) is 17.0 Å². The van der Waals surface area contributed by atoms with Gasteiger partial charge in [0, 0.05) is 0 Å². The number of methoxy groups -OCH3 is 1. The van der Waals surface area contributed by atoms with E-state index in [2.05, 4.69) is 4.99 Å². The Morgan fingerprint density at radius 2 is 1.77 bits per heavy atom. The SMILES string of the molecule is COc1ccccc1N=C1S[C@@H](C)C(=O)N1S(=O)(=O)c1ccccc1C. The van der Waals surface area contributed by atoms with Crippen LogP contribution in [0.3, 0.4) is 0 Å². The summed E-state index contributed by atoms with van der Waals surface area (Å²) in [5.41, 5.74) is 1.03. The maximum Gasteiger partial charge on any atom is 0.272 e. The molecule has 1 aliphatic heterocycles. The van der Waals surface area contributed by atoms with Gasteiger partial charge >= 0.3 is 0 Å². The lowest BCUT2D eigenvalue weighted by Gasteiger charge is -2.18. The van der Waals surface area contributed by atoms with Crippen LogP contribution < -0.4 is 4.74 Å². The summed E-state index contributed by atoms with van der Waals surface area (Å²) in [6.45, 7) is 3.36. The predicted octanol–water partition coefficient (Wildman–Crippen LogP) is 3.34. The minimum atomic E-state index is -4.05. The van der Waals surface area contributed by atoms with Crippen LogP contribution in [0.15, 0.2) is 58.4 Å². The van der Waals surface area contributed by atoms with Gasteiger partial charge in [0.2, 0.25) is 0 Å². The van der Waals surface area contributed by atoms with Crippen molar-refractivity contribution in [2.24, 2.45) is 4.99 Å². The van der Waals surface area contributed by atoms with E-state index in [9.17, 15) is 13.2 Å². The van der Waals surface area contributed by atoms with Gasteiger partial charge in [-0.25, -0.2) is 13.4 Å². The van der Waals surface area contributed by atoms with Crippen molar-refractivity contribution in [2.75, 3.05) is 7.11 Å². The summed E-state index contributed by atoms with van der Waals surface area (Å²) in [4.78, 5) is 17.1. The predicted molar refractivity (Wildman–Crippen MR) is 102 cm³/mol. The van der Waals surface area contributed by atoms with Crippen LogP contribution in [-0.2, 0) is 14.8 Å². The molecule has 1 fully saturated rings. The van der Waals surface area contributed by atoms with Gasteiger partial charge in [0.15, 0.2) is 5.17 Å². The molecule has 2 aromatic rings. The first-order valence-corrected chi connectivity index (χ1v) is 10.2. The Labute approximate surface area is 156 Å². The highest BCUT2D eigenvalue weighted by atomic mass is 32.2. The van der Waals surface area contributed by atoms with Crippen LogP contribution >= 0.6 is 11.8 Å². The number of aryl methyl sites for hydroxylation is 1. The van der Waals surface area contributed by atoms with Gasteiger partial charge in [-0.05, 0) is 37.6 Å². The van der Waals surface area contributed by atoms with Crippen LogP contribution in [0.4, 0.5) is 5.69 Å². The molecule has 26 heavy (non-hydrogen) atoms. The Morgan fingerprint density at radius 3 is 2.46 bits per heavy atom. The summed E-state index contributed by atoms with van der Waals surface area (Å²) >= 11 is 1.11. The summed E-state index contributed by atoms with van der Waals surface area (Å²) in [5.74, 6) is -0.00672. The number of hydrogen-bond donors (Lipinski definition) is 0. The third kappa shape index (κ3) is 3.22. The Hall–Kier alpha value is -2.32. The van der Waals surface area contributed by atoms with Crippen LogP contribution in [0.1, 0.15) is 12.5 Å². The van der Waals surface area contributed by atoms with Crippen LogP contribution in [0.5, 0.6) is 5.75 Å². The number of para-hydroxylation sites is 2. The van der Waals surface area contributed by atoms with E-state index < -0.39 is 21.2 Å². The molecule has 1 amide bonds. The van der Waals surface area contributed by atoms with Crippen molar-refractivity contribution >= 4 is 38.5 Å². The molecule has 0 saturated carbocycles. The molecule has 1 aliphatic rings. The molecule has 0 bridgehead atoms. The molecule has 1 saturated heterocycles. The number of benzene rings is 2. The van der Waals surface area contributed by atoms with Gasteiger partial charge in [-0.15, -0.1) is 0 Å². The fraction of sp³-hybridized carbons (Fsp3) is 0.222. The first-order valence-electron chi connectivity index (χ1n) is 7.89. The minimum Gasteiger partial charge on any atom is -0.494 e. The van der Waals surface area contributed by atoms with Crippen molar-refractivity contribution in [2.45, 2.75) is 24.0 Å². The number of sulfonamides is 1. The molecule has 0 spiro atoms. The van der Waals surface area contributed by atoms with Gasteiger partial charge in [-0.1, -0.05) is 42.1 Å². The number of amidine groups is 1. The van der Waals surface area contributed by atoms with Crippen molar-refractivity contribution in [1.29, 1.82) is 0 Å². The smallest absolute Gasteiger partial charge is 0.272 e. The second-order valence-corrected chi connectivity index (χ2v) is 8.76. The Morgan fingerprint density at radius 1 is 1.12 bits per heavy atom. The standard InChI is InChI=1S/C18H18N2O4S2/c1-12-8-4-7-11-16(12)26(22,23)20-17(21)13(2)25-18(20)19-14-9-5-6-10-15(14)24-3/h4-11,13H,1-3H3/t13-/m0/s1. The van der Waals surface area contributed by atoms with Crippen LogP contribution in [0.25, 0.3) is 0 Å². The van der Waals surface area contributed by atoms with Crippen LogP contribution in [0, 0.1) is 6.92 Å². The molecule has 2 aromatic carbocycles. The monoisotopic (exact) mass is 390 g/mol. The number of hydrogen-bond acceptors (Lipinski definition) is 6. The van der Waals surface area contributed by atoms with Crippen molar-refractivity contribution in [3.63, 3.8) is 0 Å². The number of amides is 1. The zero-order valence-corrected chi connectivity index (χ0v) is 16.2. The number of aliphatic imine (C=N–C) groups is 1. The summed E-state index contributed by atoms with van der Waals surface area (Å²) in [5, 5.41) is -0.419. The van der Waals surface area contributed by atoms with E-state index in [4.69, 9.17) is 4.74 Å². The number of carbonyl (C=O) groups excluding carboxylic acids is 1. The van der Waals surface area contributed by atoms with E-state index in [-0.39, 0.29) is 10.1 Å². The normalized spacial score (nSPS) is 19.2. The molecule has 0 unspecified atom stereocenters. The molecule has 1 heterocycles. The molecule has 0 aliphatic carbocycles. The number of ether oxygens (including phenoxy) is 1. The second-order valence-electron chi connectivity index (χ2n) is 5.70. The Bertz CT molecular complexity index is 986. The molecule has 0 aromatic heterocycles. The Balaban J connectivity index is 2.13. The second kappa shape index (κ2) is 7.13. The quantitative estimate of drug-likeness (QED) is 0.800. The number of rotatable bonds is 4. The summed E-state index contributed by atoms with van der Waals surface area (Å²) < 4.78 is 32.4. The van der Waals surface area contributed by atoms with Gasteiger partial charge in [-0.2, -0.15) is 4.31 Å². The molecule has 136 valence electrons. The van der Waals surface area contributed by atoms with Crippen molar-refractivity contribution in [3.8, 4) is 5.75 Å². The third-order valence-electron chi connectivity index (χ3n) is 3.92. The summed E-state index contributed by atoms with van der Waals surface area (Å²) in [7, 11) is -2.54. The van der Waals surface area contributed by atoms with E-state index in [1.807, 2.05) is 0 Å². The van der Waals surface area contributed by atoms with E-state index >= 15 is 0 Å². The molecule has 6 nitrogen and oxygen atoms in total. The van der Waals surface area contributed by atoms with E-state index in [1.165, 1.54) is 13.2 Å². The minimum absolute atomic E-state index is 0.0933. The highest BCUT2D eigenvalue weighted by molar-refractivity contribution is 8.17. The van der Waals surface area contributed by atoms with Gasteiger partial charge < -0.3 is 4.74 Å². The van der Waals surface area contributed by atoms with Crippen molar-refractivity contribution in [3.05, 3.63) is 54.1 Å². The molecule has 8 heteroatoms. The fourth-order valence-electron chi connectivity index (χ4n) is 2.58. The molecule has 0 N–H and O–H groups in total. The zero-order chi connectivity index (χ0) is 18.9. The highest BCUT2D eigenvalue weighted by Crippen LogP contribution is 2.36. The molecule has 0 radical (unpaired) electrons. The largest absolute Gasteiger partial charge is 0.494 e. The maximum absolute atomic E-state index is 13.1. The molecule has 3 rings (SSSR count). The lowest BCUT2D eigenvalue weighted by molar-refractivity contribution is -0.122. The highest BCUT2D eigenvalue weighted by Gasteiger charge is 2.44. The van der Waals surface area contributed by atoms with Crippen LogP contribution in [-0.4, -0.2) is 36.2 Å². The van der Waals surface area contributed by atoms with Crippen molar-refractivity contribution < 1.29 is 17.9 Å². The van der Waals surface area contributed by atoms with Gasteiger partial charge in [0.05, 0.1) is 17.3 Å². The lowest BCUT2D eigenvalue weighted by Crippen LogP contribution is -2.37. The average Bonchev–Trinajstić information content (AvgIpc) is 2.90. The molecular weight excluding hydrogens is 372 g/mol. The topological polar surface area (TPSA) is 76.0 Å². The van der Waals surface area contributed by atoms with Gasteiger partial charge in [0.25, 0.3) is 15.9 Å². The van der Waals surface area contributed by atoms with Gasteiger partial charge in [-0.3, -0.25) is 4.79 Å². The average molecular weight is 390 g/mol. The first kappa shape index (κ1) is 18.5. The third-order valence-corrected chi connectivity index (χ3v) is 6.92. The lowest BCUT2D eigenvalue weighted by atomic mass is 10.2. The number of carbonyl (C=O) groups is 1. The van der Waals surface area contributed by atoms with E-state index in [1.54, 1.807) is 56.3 Å². The number of nitrogens with zero attached hydrogens (tertiary/aromatic N) is 2. The fourth-order valence-corrected chi connectivity index (χ4v) is 5.49. The van der Waals surface area contributed by atoms with Crippen LogP contribution in [0.2, 0.25) is 0 Å².